The fourth-order valence-electron chi connectivity index (χ4n) is 5.42. The molecule has 5 rings (SSSR count). The van der Waals surface area contributed by atoms with Crippen LogP contribution in [0.25, 0.3) is 33.0 Å². The Labute approximate surface area is 241 Å². The predicted molar refractivity (Wildman–Crippen MR) is 168 cm³/mol. The fourth-order valence-corrected chi connectivity index (χ4v) is 5.42. The molecule has 0 radical (unpaired) electrons. The summed E-state index contributed by atoms with van der Waals surface area (Å²) in [5.41, 5.74) is 9.61. The lowest BCUT2D eigenvalue weighted by atomic mass is 9.88. The lowest BCUT2D eigenvalue weighted by molar-refractivity contribution is -0.392. The van der Waals surface area contributed by atoms with E-state index in [1.54, 1.807) is 6.07 Å². The van der Waals surface area contributed by atoms with Gasteiger partial charge in [0.25, 0.3) is 0 Å². The number of hydrogen-bond donors (Lipinski definition) is 1. The Hall–Kier alpha value is -4.77. The van der Waals surface area contributed by atoms with E-state index < -0.39 is 17.4 Å². The van der Waals surface area contributed by atoms with Crippen molar-refractivity contribution in [2.75, 3.05) is 6.61 Å². The number of benzene rings is 5. The number of ether oxygens (including phenoxy) is 1. The molecule has 41 heavy (non-hydrogen) atoms. The van der Waals surface area contributed by atoms with Gasteiger partial charge in [0.15, 0.2) is 0 Å². The molecule has 0 unspecified atom stereocenters. The first-order chi connectivity index (χ1) is 19.8. The van der Waals surface area contributed by atoms with Gasteiger partial charge in [-0.25, -0.2) is 0 Å². The van der Waals surface area contributed by atoms with E-state index in [-0.39, 0.29) is 5.92 Å². The SMILES string of the molecule is CCc1cc(-c2ccc(OCC(O)=[N+]([O-])[O-])cc2C(C)C)ccc1-c1cccc(Cc2cccc3ccccc23)c1. The van der Waals surface area contributed by atoms with Crippen LogP contribution < -0.4 is 4.74 Å². The van der Waals surface area contributed by atoms with Crippen molar-refractivity contribution >= 4 is 16.7 Å². The molecule has 0 bridgehead atoms. The summed E-state index contributed by atoms with van der Waals surface area (Å²) in [7, 11) is 0. The first kappa shape index (κ1) is 27.8. The Balaban J connectivity index is 1.45. The van der Waals surface area contributed by atoms with Crippen LogP contribution in [0.1, 0.15) is 48.9 Å². The van der Waals surface area contributed by atoms with Gasteiger partial charge in [0.1, 0.15) is 5.75 Å². The maximum atomic E-state index is 10.7. The number of aryl methyl sites for hydroxylation is 1. The van der Waals surface area contributed by atoms with Crippen molar-refractivity contribution in [3.05, 3.63) is 136 Å². The van der Waals surface area contributed by atoms with Crippen LogP contribution in [0.15, 0.2) is 103 Å². The second-order valence-corrected chi connectivity index (χ2v) is 10.6. The van der Waals surface area contributed by atoms with Crippen molar-refractivity contribution in [3.8, 4) is 28.0 Å². The highest BCUT2D eigenvalue weighted by Gasteiger charge is 2.14. The summed E-state index contributed by atoms with van der Waals surface area (Å²) in [6.45, 7) is 5.93. The summed E-state index contributed by atoms with van der Waals surface area (Å²) in [6, 6.07) is 36.2. The lowest BCUT2D eigenvalue weighted by Crippen LogP contribution is -2.18. The molecule has 0 aromatic heterocycles. The fraction of sp³-hybridized carbons (Fsp3) is 0.194. The number of aliphatic hydroxyl groups excluding tert-OH is 1. The minimum atomic E-state index is -0.912. The van der Waals surface area contributed by atoms with Gasteiger partial charge in [0, 0.05) is 0 Å². The zero-order valence-electron chi connectivity index (χ0n) is 23.6. The van der Waals surface area contributed by atoms with Crippen molar-refractivity contribution in [3.63, 3.8) is 0 Å². The van der Waals surface area contributed by atoms with E-state index in [2.05, 4.69) is 106 Å². The average Bonchev–Trinajstić information content (AvgIpc) is 2.99. The van der Waals surface area contributed by atoms with Crippen LogP contribution in [0, 0.1) is 10.4 Å². The molecular weight excluding hydrogens is 510 g/mol. The molecule has 0 saturated carbocycles. The summed E-state index contributed by atoms with van der Waals surface area (Å²) < 4.78 is 5.48. The number of nitrogens with zero attached hydrogens (tertiary/aromatic N) is 1. The standard InChI is InChI=1S/C36H34NO4/c1-4-26-21-30(34-18-16-31(22-35(34)24(2)3)41-23-36(38)37(39)40)15-17-33(26)29-12-7-9-25(20-29)19-28-13-8-11-27-10-5-6-14-32(27)28/h5-18,20-22,24H,4,19,23H2,1-3H3,(H-,38,39,40)/q-1. The first-order valence-corrected chi connectivity index (χ1v) is 14.0. The van der Waals surface area contributed by atoms with Crippen molar-refractivity contribution in [1.82, 2.24) is 0 Å². The third-order valence-electron chi connectivity index (χ3n) is 7.53. The molecule has 5 heteroatoms. The van der Waals surface area contributed by atoms with Crippen molar-refractivity contribution < 1.29 is 14.7 Å². The van der Waals surface area contributed by atoms with Gasteiger partial charge in [-0.05, 0) is 86.2 Å². The topological polar surface area (TPSA) is 78.6 Å². The highest BCUT2D eigenvalue weighted by atomic mass is 16.8. The largest absolute Gasteiger partial charge is 0.610 e. The molecule has 0 aliphatic rings. The van der Waals surface area contributed by atoms with Gasteiger partial charge in [-0.3, -0.25) is 0 Å². The average molecular weight is 545 g/mol. The van der Waals surface area contributed by atoms with Crippen LogP contribution in [-0.2, 0) is 12.8 Å². The molecule has 0 saturated heterocycles. The van der Waals surface area contributed by atoms with Crippen LogP contribution in [0.4, 0.5) is 0 Å². The molecule has 5 aromatic carbocycles. The number of aliphatic hydroxyl groups is 1. The Kier molecular flexibility index (Phi) is 8.25. The van der Waals surface area contributed by atoms with E-state index in [1.807, 2.05) is 12.1 Å². The molecule has 0 aliphatic carbocycles. The van der Waals surface area contributed by atoms with Crippen LogP contribution in [0.5, 0.6) is 5.75 Å². The van der Waals surface area contributed by atoms with E-state index in [4.69, 9.17) is 4.74 Å². The number of fused-ring (bicyclic) bond motifs is 1. The highest BCUT2D eigenvalue weighted by Crippen LogP contribution is 2.36. The zero-order valence-corrected chi connectivity index (χ0v) is 23.6. The lowest BCUT2D eigenvalue weighted by Gasteiger charge is -2.18. The van der Waals surface area contributed by atoms with Crippen molar-refractivity contribution in [1.29, 1.82) is 0 Å². The number of hydrogen-bond acceptors (Lipinski definition) is 3. The van der Waals surface area contributed by atoms with E-state index >= 15 is 0 Å². The molecule has 1 N–H and O–H groups in total. The molecule has 5 nitrogen and oxygen atoms in total. The van der Waals surface area contributed by atoms with Gasteiger partial charge in [-0.15, -0.1) is 4.90 Å². The molecule has 0 spiro atoms. The van der Waals surface area contributed by atoms with Gasteiger partial charge >= 0.3 is 5.90 Å². The molecule has 0 aliphatic heterocycles. The van der Waals surface area contributed by atoms with Gasteiger partial charge < -0.3 is 20.3 Å². The monoisotopic (exact) mass is 544 g/mol. The van der Waals surface area contributed by atoms with E-state index in [9.17, 15) is 15.5 Å². The molecule has 0 fully saturated rings. The van der Waals surface area contributed by atoms with Crippen LogP contribution in [0.3, 0.4) is 0 Å². The van der Waals surface area contributed by atoms with Crippen LogP contribution >= 0.6 is 0 Å². The van der Waals surface area contributed by atoms with E-state index in [0.717, 1.165) is 29.5 Å². The van der Waals surface area contributed by atoms with E-state index in [1.165, 1.54) is 38.6 Å². The minimum absolute atomic E-state index is 0.206. The second-order valence-electron chi connectivity index (χ2n) is 10.6. The highest BCUT2D eigenvalue weighted by molar-refractivity contribution is 5.86. The normalized spacial score (nSPS) is 11.1. The van der Waals surface area contributed by atoms with Crippen LogP contribution in [-0.4, -0.2) is 22.5 Å². The predicted octanol–water partition coefficient (Wildman–Crippen LogP) is 8.79. The Morgan fingerprint density at radius 2 is 1.51 bits per heavy atom. The summed E-state index contributed by atoms with van der Waals surface area (Å²) in [4.78, 5) is -0.842. The molecule has 0 amide bonds. The summed E-state index contributed by atoms with van der Waals surface area (Å²) in [6.07, 6.45) is 1.77. The van der Waals surface area contributed by atoms with Gasteiger partial charge in [-0.1, -0.05) is 112 Å². The van der Waals surface area contributed by atoms with Crippen molar-refractivity contribution in [2.45, 2.75) is 39.5 Å². The van der Waals surface area contributed by atoms with Gasteiger partial charge in [0.2, 0.25) is 6.61 Å². The summed E-state index contributed by atoms with van der Waals surface area (Å²) in [5, 5.41) is 33.4. The second kappa shape index (κ2) is 12.2. The Morgan fingerprint density at radius 1 is 0.780 bits per heavy atom. The third-order valence-corrected chi connectivity index (χ3v) is 7.53. The molecule has 208 valence electrons. The van der Waals surface area contributed by atoms with Gasteiger partial charge in [-0.2, -0.15) is 0 Å². The first-order valence-electron chi connectivity index (χ1n) is 14.0. The van der Waals surface area contributed by atoms with Crippen LogP contribution in [0.2, 0.25) is 0 Å². The smallest absolute Gasteiger partial charge is 0.396 e. The Morgan fingerprint density at radius 3 is 2.29 bits per heavy atom. The third kappa shape index (κ3) is 6.20. The number of rotatable bonds is 9. The summed E-state index contributed by atoms with van der Waals surface area (Å²) in [5.74, 6) is -0.220. The van der Waals surface area contributed by atoms with E-state index in [0.29, 0.717) is 5.75 Å². The maximum absolute atomic E-state index is 10.7. The molecule has 0 atom stereocenters. The summed E-state index contributed by atoms with van der Waals surface area (Å²) >= 11 is 0. The maximum Gasteiger partial charge on any atom is 0.396 e. The Bertz CT molecular complexity index is 1710. The minimum Gasteiger partial charge on any atom is -0.610 e. The molecule has 5 aromatic rings. The molecular formula is C36H34NO4-. The van der Waals surface area contributed by atoms with Gasteiger partial charge in [0.05, 0.1) is 0 Å². The molecule has 0 heterocycles. The quantitative estimate of drug-likeness (QED) is 0.0870. The van der Waals surface area contributed by atoms with Crippen molar-refractivity contribution in [2.24, 2.45) is 0 Å². The zero-order chi connectivity index (χ0) is 28.9.